The Morgan fingerprint density at radius 3 is 2.25 bits per heavy atom. The van der Waals surface area contributed by atoms with E-state index >= 15 is 0 Å². The van der Waals surface area contributed by atoms with Crippen molar-refractivity contribution in [2.24, 2.45) is 0 Å². The second-order valence-corrected chi connectivity index (χ2v) is 9.87. The average Bonchev–Trinajstić information content (AvgIpc) is 2.73. The third-order valence-corrected chi connectivity index (χ3v) is 7.06. The first-order valence-corrected chi connectivity index (χ1v) is 11.9. The van der Waals surface area contributed by atoms with Crippen LogP contribution in [0.3, 0.4) is 0 Å². The minimum atomic E-state index is -4.08. The molecule has 1 saturated heterocycles. The first-order chi connectivity index (χ1) is 15.0. The van der Waals surface area contributed by atoms with Crippen LogP contribution in [0.15, 0.2) is 29.2 Å². The lowest BCUT2D eigenvalue weighted by Crippen LogP contribution is -2.62. The van der Waals surface area contributed by atoms with Gasteiger partial charge in [0.05, 0.1) is 4.90 Å². The maximum atomic E-state index is 13.2. The summed E-state index contributed by atoms with van der Waals surface area (Å²) >= 11 is 0. The van der Waals surface area contributed by atoms with E-state index in [0.717, 1.165) is 4.31 Å². The van der Waals surface area contributed by atoms with Gasteiger partial charge in [0.15, 0.2) is 0 Å². The number of nitrogens with zero attached hydrogens (tertiary/aromatic N) is 3. The molecule has 1 unspecified atom stereocenters. The van der Waals surface area contributed by atoms with Crippen molar-refractivity contribution in [3.05, 3.63) is 24.3 Å². The van der Waals surface area contributed by atoms with Crippen molar-refractivity contribution in [2.45, 2.75) is 57.6 Å². The number of hydrogen-bond acceptors (Lipinski definition) is 5. The molecular weight excluding hydrogens is 434 g/mol. The van der Waals surface area contributed by atoms with E-state index in [4.69, 9.17) is 4.74 Å². The largest absolute Gasteiger partial charge is 0.481 e. The maximum Gasteiger partial charge on any atom is 0.323 e. The number of carbonyl (C=O) groups is 2. The maximum absolute atomic E-state index is 13.2. The Balaban J connectivity index is 2.23. The second kappa shape index (κ2) is 10.7. The highest BCUT2D eigenvalue weighted by atomic mass is 32.2. The molecule has 1 aromatic rings. The van der Waals surface area contributed by atoms with Crippen molar-refractivity contribution >= 4 is 22.0 Å². The van der Waals surface area contributed by atoms with Crippen LogP contribution in [0.4, 0.5) is 4.79 Å². The molecule has 32 heavy (non-hydrogen) atoms. The summed E-state index contributed by atoms with van der Waals surface area (Å²) in [5.74, 6) is 4.60. The number of carbonyl (C=O) groups excluding carboxylic acids is 1. The van der Waals surface area contributed by atoms with Gasteiger partial charge in [0.25, 0.3) is 0 Å². The molecule has 1 atom stereocenters. The van der Waals surface area contributed by atoms with Crippen LogP contribution >= 0.6 is 0 Å². The molecule has 0 bridgehead atoms. The van der Waals surface area contributed by atoms with E-state index in [1.807, 2.05) is 27.7 Å². The van der Waals surface area contributed by atoms with Crippen LogP contribution in [0.25, 0.3) is 0 Å². The smallest absolute Gasteiger partial charge is 0.323 e. The van der Waals surface area contributed by atoms with Crippen molar-refractivity contribution in [2.75, 3.05) is 26.2 Å². The van der Waals surface area contributed by atoms with Crippen molar-refractivity contribution in [1.29, 1.82) is 0 Å². The van der Waals surface area contributed by atoms with E-state index in [2.05, 4.69) is 11.8 Å². The Morgan fingerprint density at radius 1 is 1.16 bits per heavy atom. The summed E-state index contributed by atoms with van der Waals surface area (Å²) < 4.78 is 32.7. The van der Waals surface area contributed by atoms with Crippen LogP contribution < -0.4 is 4.74 Å². The van der Waals surface area contributed by atoms with Gasteiger partial charge in [-0.05, 0) is 58.9 Å². The number of benzene rings is 1. The number of rotatable bonds is 7. The van der Waals surface area contributed by atoms with Gasteiger partial charge in [-0.25, -0.2) is 13.2 Å². The van der Waals surface area contributed by atoms with E-state index in [1.165, 1.54) is 29.2 Å². The summed E-state index contributed by atoms with van der Waals surface area (Å²) in [5, 5.41) is 9.75. The first-order valence-electron chi connectivity index (χ1n) is 10.4. The van der Waals surface area contributed by atoms with Crippen molar-refractivity contribution < 1.29 is 27.9 Å². The van der Waals surface area contributed by atoms with Gasteiger partial charge in [-0.3, -0.25) is 4.79 Å². The summed E-state index contributed by atoms with van der Waals surface area (Å²) in [4.78, 5) is 28.0. The van der Waals surface area contributed by atoms with E-state index in [1.54, 1.807) is 11.8 Å². The SMILES string of the molecule is CC#CCOc1ccc(S(=O)(=O)N2CCN(C(=O)N(C(C)C)C(C)C)CC2C(=O)O)cc1. The molecule has 1 aliphatic heterocycles. The van der Waals surface area contributed by atoms with Gasteiger partial charge in [0, 0.05) is 31.7 Å². The van der Waals surface area contributed by atoms with Crippen LogP contribution in [0.1, 0.15) is 34.6 Å². The molecule has 0 aromatic heterocycles. The highest BCUT2D eigenvalue weighted by Gasteiger charge is 2.42. The molecule has 10 heteroatoms. The monoisotopic (exact) mass is 465 g/mol. The molecule has 1 N–H and O–H groups in total. The molecule has 1 heterocycles. The molecular formula is C22H31N3O6S. The van der Waals surface area contributed by atoms with Crippen LogP contribution in [0.5, 0.6) is 5.75 Å². The topological polar surface area (TPSA) is 107 Å². The van der Waals surface area contributed by atoms with Gasteiger partial charge in [-0.15, -0.1) is 5.92 Å². The van der Waals surface area contributed by atoms with Crippen LogP contribution in [0.2, 0.25) is 0 Å². The first kappa shape index (κ1) is 25.5. The molecule has 2 amide bonds. The van der Waals surface area contributed by atoms with Crippen molar-refractivity contribution in [1.82, 2.24) is 14.1 Å². The number of hydrogen-bond donors (Lipinski definition) is 1. The van der Waals surface area contributed by atoms with Gasteiger partial charge in [-0.2, -0.15) is 4.31 Å². The number of piperazine rings is 1. The van der Waals surface area contributed by atoms with E-state index in [0.29, 0.717) is 5.75 Å². The van der Waals surface area contributed by atoms with E-state index in [-0.39, 0.29) is 49.3 Å². The summed E-state index contributed by atoms with van der Waals surface area (Å²) in [5.41, 5.74) is 0. The van der Waals surface area contributed by atoms with Gasteiger partial charge in [0.2, 0.25) is 10.0 Å². The van der Waals surface area contributed by atoms with Gasteiger partial charge in [-0.1, -0.05) is 5.92 Å². The zero-order valence-corrected chi connectivity index (χ0v) is 19.9. The Labute approximate surface area is 190 Å². The van der Waals surface area contributed by atoms with Crippen molar-refractivity contribution in [3.8, 4) is 17.6 Å². The Morgan fingerprint density at radius 2 is 1.75 bits per heavy atom. The van der Waals surface area contributed by atoms with E-state index < -0.39 is 22.0 Å². The lowest BCUT2D eigenvalue weighted by molar-refractivity contribution is -0.142. The fraction of sp³-hybridized carbons (Fsp3) is 0.545. The molecule has 176 valence electrons. The minimum Gasteiger partial charge on any atom is -0.481 e. The molecule has 1 aliphatic rings. The van der Waals surface area contributed by atoms with Crippen LogP contribution in [-0.2, 0) is 14.8 Å². The highest BCUT2D eigenvalue weighted by molar-refractivity contribution is 7.89. The van der Waals surface area contributed by atoms with Gasteiger partial charge < -0.3 is 19.6 Å². The minimum absolute atomic E-state index is 0.0385. The number of amides is 2. The van der Waals surface area contributed by atoms with E-state index in [9.17, 15) is 23.1 Å². The fourth-order valence-corrected chi connectivity index (χ4v) is 5.23. The number of urea groups is 1. The quantitative estimate of drug-likeness (QED) is 0.618. The number of sulfonamides is 1. The second-order valence-electron chi connectivity index (χ2n) is 7.98. The molecule has 0 spiro atoms. The normalized spacial score (nSPS) is 17.1. The zero-order valence-electron chi connectivity index (χ0n) is 19.1. The van der Waals surface area contributed by atoms with Crippen LogP contribution in [-0.4, -0.2) is 84.0 Å². The Bertz CT molecular complexity index is 971. The molecule has 1 fully saturated rings. The van der Waals surface area contributed by atoms with Crippen molar-refractivity contribution in [3.63, 3.8) is 0 Å². The predicted octanol–water partition coefficient (Wildman–Crippen LogP) is 2.09. The fourth-order valence-electron chi connectivity index (χ4n) is 3.67. The summed E-state index contributed by atoms with van der Waals surface area (Å²) in [6.07, 6.45) is 0. The lowest BCUT2D eigenvalue weighted by Gasteiger charge is -2.42. The number of ether oxygens (including phenoxy) is 1. The molecule has 1 aromatic carbocycles. The standard InChI is InChI=1S/C22H31N3O6S/c1-6-7-14-31-18-8-10-19(11-9-18)32(29,30)24-13-12-23(15-20(24)21(26)27)22(28)25(16(2)3)17(4)5/h8-11,16-17,20H,12-15H2,1-5H3,(H,26,27). The average molecular weight is 466 g/mol. The summed E-state index contributed by atoms with van der Waals surface area (Å²) in [6, 6.07) is 3.93. The molecule has 0 radical (unpaired) electrons. The Hall–Kier alpha value is -2.77. The summed E-state index contributed by atoms with van der Waals surface area (Å²) in [6.45, 7) is 9.18. The van der Waals surface area contributed by atoms with Gasteiger partial charge in [0.1, 0.15) is 18.4 Å². The van der Waals surface area contributed by atoms with Crippen LogP contribution in [0, 0.1) is 11.8 Å². The van der Waals surface area contributed by atoms with Gasteiger partial charge >= 0.3 is 12.0 Å². The molecule has 0 saturated carbocycles. The highest BCUT2D eigenvalue weighted by Crippen LogP contribution is 2.25. The Kier molecular flexibility index (Phi) is 8.52. The lowest BCUT2D eigenvalue weighted by atomic mass is 10.2. The molecule has 2 rings (SSSR count). The third-order valence-electron chi connectivity index (χ3n) is 5.14. The molecule has 0 aliphatic carbocycles. The predicted molar refractivity (Wildman–Crippen MR) is 120 cm³/mol. The zero-order chi connectivity index (χ0) is 24.1. The number of carboxylic acids is 1. The molecule has 9 nitrogen and oxygen atoms in total. The summed E-state index contributed by atoms with van der Waals surface area (Å²) in [7, 11) is -4.08. The number of carboxylic acid groups (broad SMARTS) is 1. The third kappa shape index (κ3) is 5.72. The number of aliphatic carboxylic acids is 1.